The Bertz CT molecular complexity index is 610. The molecule has 1 aliphatic rings. The summed E-state index contributed by atoms with van der Waals surface area (Å²) in [6, 6.07) is 8.91. The van der Waals surface area contributed by atoms with Gasteiger partial charge in [0.25, 0.3) is 0 Å². The van der Waals surface area contributed by atoms with Gasteiger partial charge in [0.15, 0.2) is 0 Å². The van der Waals surface area contributed by atoms with E-state index in [1.165, 1.54) is 22.3 Å². The van der Waals surface area contributed by atoms with E-state index in [1.54, 1.807) is 0 Å². The molecule has 3 nitrogen and oxygen atoms in total. The Balaban J connectivity index is 1.67. The van der Waals surface area contributed by atoms with Crippen molar-refractivity contribution in [2.24, 2.45) is 0 Å². The summed E-state index contributed by atoms with van der Waals surface area (Å²) in [5.74, 6) is 1.05. The second-order valence-electron chi connectivity index (χ2n) is 5.37. The summed E-state index contributed by atoms with van der Waals surface area (Å²) in [7, 11) is 0. The standard InChI is InChI=1S/C17H20N2O/c1-12-10-18-7-5-16(12)11-19-13(2)14-3-4-17-15(9-14)6-8-20-17/h3-5,7,9-10,13,19H,6,8,11H2,1-2H3. The third-order valence-electron chi connectivity index (χ3n) is 3.95. The predicted molar refractivity (Wildman–Crippen MR) is 79.9 cm³/mol. The van der Waals surface area contributed by atoms with E-state index in [4.69, 9.17) is 4.74 Å². The van der Waals surface area contributed by atoms with E-state index in [2.05, 4.69) is 48.4 Å². The van der Waals surface area contributed by atoms with Crippen LogP contribution in [0.25, 0.3) is 0 Å². The lowest BCUT2D eigenvalue weighted by molar-refractivity contribution is 0.356. The molecule has 1 aromatic heterocycles. The van der Waals surface area contributed by atoms with Gasteiger partial charge in [0.1, 0.15) is 5.75 Å². The molecule has 1 unspecified atom stereocenters. The van der Waals surface area contributed by atoms with Crippen LogP contribution in [0.1, 0.15) is 35.2 Å². The summed E-state index contributed by atoms with van der Waals surface area (Å²) < 4.78 is 5.55. The fraction of sp³-hybridized carbons (Fsp3) is 0.353. The topological polar surface area (TPSA) is 34.2 Å². The van der Waals surface area contributed by atoms with Crippen LogP contribution in [0.5, 0.6) is 5.75 Å². The lowest BCUT2D eigenvalue weighted by atomic mass is 10.0. The van der Waals surface area contributed by atoms with Crippen LogP contribution in [0.15, 0.2) is 36.7 Å². The fourth-order valence-electron chi connectivity index (χ4n) is 2.56. The van der Waals surface area contributed by atoms with E-state index in [0.29, 0.717) is 6.04 Å². The highest BCUT2D eigenvalue weighted by Crippen LogP contribution is 2.28. The molecule has 2 heterocycles. The van der Waals surface area contributed by atoms with Gasteiger partial charge in [-0.2, -0.15) is 0 Å². The molecule has 0 spiro atoms. The van der Waals surface area contributed by atoms with Gasteiger partial charge in [-0.1, -0.05) is 12.1 Å². The zero-order valence-electron chi connectivity index (χ0n) is 12.0. The Hall–Kier alpha value is -1.87. The first-order valence-corrected chi connectivity index (χ1v) is 7.12. The molecule has 0 amide bonds. The Kier molecular flexibility index (Phi) is 3.70. The Morgan fingerprint density at radius 1 is 1.35 bits per heavy atom. The number of fused-ring (bicyclic) bond motifs is 1. The number of aromatic nitrogens is 1. The normalized spacial score (nSPS) is 14.7. The molecule has 20 heavy (non-hydrogen) atoms. The fourth-order valence-corrected chi connectivity index (χ4v) is 2.56. The summed E-state index contributed by atoms with van der Waals surface area (Å²) in [5, 5.41) is 3.58. The highest BCUT2D eigenvalue weighted by atomic mass is 16.5. The van der Waals surface area contributed by atoms with Crippen molar-refractivity contribution in [1.82, 2.24) is 10.3 Å². The molecule has 1 aromatic carbocycles. The van der Waals surface area contributed by atoms with Crippen molar-refractivity contribution in [3.05, 3.63) is 58.9 Å². The van der Waals surface area contributed by atoms with E-state index in [1.807, 2.05) is 12.4 Å². The van der Waals surface area contributed by atoms with E-state index in [9.17, 15) is 0 Å². The Morgan fingerprint density at radius 2 is 2.25 bits per heavy atom. The average molecular weight is 268 g/mol. The molecule has 3 heteroatoms. The van der Waals surface area contributed by atoms with E-state index < -0.39 is 0 Å². The molecule has 0 saturated heterocycles. The van der Waals surface area contributed by atoms with Gasteiger partial charge in [0.2, 0.25) is 0 Å². The second-order valence-corrected chi connectivity index (χ2v) is 5.37. The van der Waals surface area contributed by atoms with Crippen LogP contribution in [0.2, 0.25) is 0 Å². The second kappa shape index (κ2) is 5.63. The molecule has 0 saturated carbocycles. The molecule has 1 N–H and O–H groups in total. The van der Waals surface area contributed by atoms with Gasteiger partial charge in [-0.25, -0.2) is 0 Å². The molecule has 0 fully saturated rings. The number of nitrogens with one attached hydrogen (secondary N) is 1. The highest BCUT2D eigenvalue weighted by molar-refractivity contribution is 5.40. The molecule has 2 aromatic rings. The molecule has 0 bridgehead atoms. The maximum Gasteiger partial charge on any atom is 0.122 e. The smallest absolute Gasteiger partial charge is 0.122 e. The first-order valence-electron chi connectivity index (χ1n) is 7.12. The first-order chi connectivity index (χ1) is 9.74. The van der Waals surface area contributed by atoms with Crippen molar-refractivity contribution in [3.8, 4) is 5.75 Å². The average Bonchev–Trinajstić information content (AvgIpc) is 2.93. The van der Waals surface area contributed by atoms with Gasteiger partial charge in [-0.05, 0) is 48.2 Å². The maximum atomic E-state index is 5.55. The van der Waals surface area contributed by atoms with Crippen molar-refractivity contribution in [2.75, 3.05) is 6.61 Å². The van der Waals surface area contributed by atoms with Crippen LogP contribution in [-0.2, 0) is 13.0 Å². The molecular weight excluding hydrogens is 248 g/mol. The summed E-state index contributed by atoms with van der Waals surface area (Å²) in [6.45, 7) is 5.98. The molecule has 0 aliphatic carbocycles. The molecule has 1 atom stereocenters. The Labute approximate surface area is 120 Å². The molecule has 1 aliphatic heterocycles. The van der Waals surface area contributed by atoms with Crippen LogP contribution in [0.4, 0.5) is 0 Å². The lowest BCUT2D eigenvalue weighted by Gasteiger charge is -2.16. The number of hydrogen-bond donors (Lipinski definition) is 1. The van der Waals surface area contributed by atoms with Crippen molar-refractivity contribution >= 4 is 0 Å². The van der Waals surface area contributed by atoms with Crippen molar-refractivity contribution in [1.29, 1.82) is 0 Å². The zero-order chi connectivity index (χ0) is 13.9. The lowest BCUT2D eigenvalue weighted by Crippen LogP contribution is -2.18. The van der Waals surface area contributed by atoms with Crippen LogP contribution in [-0.4, -0.2) is 11.6 Å². The van der Waals surface area contributed by atoms with Gasteiger partial charge in [0, 0.05) is 31.4 Å². The van der Waals surface area contributed by atoms with Crippen LogP contribution >= 0.6 is 0 Å². The van der Waals surface area contributed by atoms with Gasteiger partial charge in [-0.15, -0.1) is 0 Å². The number of ether oxygens (including phenoxy) is 1. The SMILES string of the molecule is Cc1cnccc1CNC(C)c1ccc2c(c1)CCO2. The third kappa shape index (κ3) is 2.68. The minimum atomic E-state index is 0.327. The van der Waals surface area contributed by atoms with Crippen molar-refractivity contribution in [3.63, 3.8) is 0 Å². The van der Waals surface area contributed by atoms with Gasteiger partial charge in [0.05, 0.1) is 6.61 Å². The number of aryl methyl sites for hydroxylation is 1. The first kappa shape index (κ1) is 13.1. The number of nitrogens with zero attached hydrogens (tertiary/aromatic N) is 1. The van der Waals surface area contributed by atoms with Gasteiger partial charge in [-0.3, -0.25) is 4.98 Å². The van der Waals surface area contributed by atoms with Crippen LogP contribution < -0.4 is 10.1 Å². The predicted octanol–water partition coefficient (Wildman–Crippen LogP) is 3.18. The number of hydrogen-bond acceptors (Lipinski definition) is 3. The van der Waals surface area contributed by atoms with Crippen molar-refractivity contribution in [2.45, 2.75) is 32.9 Å². The molecule has 0 radical (unpaired) electrons. The van der Waals surface area contributed by atoms with E-state index >= 15 is 0 Å². The van der Waals surface area contributed by atoms with Crippen LogP contribution in [0, 0.1) is 6.92 Å². The van der Waals surface area contributed by atoms with E-state index in [-0.39, 0.29) is 0 Å². The zero-order valence-corrected chi connectivity index (χ0v) is 12.0. The quantitative estimate of drug-likeness (QED) is 0.924. The maximum absolute atomic E-state index is 5.55. The summed E-state index contributed by atoms with van der Waals surface area (Å²) in [4.78, 5) is 4.13. The number of benzene rings is 1. The monoisotopic (exact) mass is 268 g/mol. The largest absolute Gasteiger partial charge is 0.493 e. The summed E-state index contributed by atoms with van der Waals surface area (Å²) >= 11 is 0. The number of pyridine rings is 1. The highest BCUT2D eigenvalue weighted by Gasteiger charge is 2.14. The molecular formula is C17H20N2O. The molecule has 3 rings (SSSR count). The summed E-state index contributed by atoms with van der Waals surface area (Å²) in [5.41, 5.74) is 5.18. The minimum Gasteiger partial charge on any atom is -0.493 e. The molecule has 104 valence electrons. The van der Waals surface area contributed by atoms with Crippen LogP contribution in [0.3, 0.4) is 0 Å². The third-order valence-corrected chi connectivity index (χ3v) is 3.95. The van der Waals surface area contributed by atoms with Gasteiger partial charge >= 0.3 is 0 Å². The van der Waals surface area contributed by atoms with Crippen molar-refractivity contribution < 1.29 is 4.74 Å². The van der Waals surface area contributed by atoms with Gasteiger partial charge < -0.3 is 10.1 Å². The van der Waals surface area contributed by atoms with E-state index in [0.717, 1.165) is 25.3 Å². The number of rotatable bonds is 4. The Morgan fingerprint density at radius 3 is 3.10 bits per heavy atom. The minimum absolute atomic E-state index is 0.327. The summed E-state index contributed by atoms with van der Waals surface area (Å²) in [6.07, 6.45) is 4.79.